The Morgan fingerprint density at radius 2 is 1.79 bits per heavy atom. The molecule has 2 aromatic rings. The van der Waals surface area contributed by atoms with Crippen LogP contribution in [0.5, 0.6) is 0 Å². The lowest BCUT2D eigenvalue weighted by molar-refractivity contribution is 0.266. The quantitative estimate of drug-likeness (QED) is 0.508. The standard InChI is InChI=1S/C26H31N3O3S/c1-18-6-4-5-7-24(18)25(15-26(28-30)22-12-13-27-19(2)14-22)21-10-8-20(9-11-21)23-16-29(17-23)33(3,31)32/h4-14,18,23-26H,15-17H2,1-3H3. The van der Waals surface area contributed by atoms with E-state index in [4.69, 9.17) is 0 Å². The van der Waals surface area contributed by atoms with Crippen molar-refractivity contribution in [1.29, 1.82) is 0 Å². The number of aromatic nitrogens is 1. The lowest BCUT2D eigenvalue weighted by Crippen LogP contribution is -2.47. The maximum atomic E-state index is 11.9. The maximum Gasteiger partial charge on any atom is 0.211 e. The molecular formula is C26H31N3O3S. The zero-order chi connectivity index (χ0) is 23.6. The van der Waals surface area contributed by atoms with Crippen molar-refractivity contribution in [2.24, 2.45) is 17.0 Å². The molecule has 0 bridgehead atoms. The van der Waals surface area contributed by atoms with Crippen molar-refractivity contribution in [3.63, 3.8) is 0 Å². The van der Waals surface area contributed by atoms with Crippen LogP contribution in [0.15, 0.2) is 72.1 Å². The van der Waals surface area contributed by atoms with Crippen molar-refractivity contribution in [3.05, 3.63) is 94.2 Å². The number of hydrogen-bond acceptors (Lipinski definition) is 5. The molecule has 0 spiro atoms. The maximum absolute atomic E-state index is 11.9. The van der Waals surface area contributed by atoms with Crippen molar-refractivity contribution >= 4 is 10.0 Å². The molecule has 174 valence electrons. The monoisotopic (exact) mass is 465 g/mol. The average molecular weight is 466 g/mol. The first-order valence-electron chi connectivity index (χ1n) is 11.4. The lowest BCUT2D eigenvalue weighted by Gasteiger charge is -2.37. The number of nitrogens with zero attached hydrogens (tertiary/aromatic N) is 3. The Hall–Kier alpha value is -2.64. The molecule has 4 rings (SSSR count). The van der Waals surface area contributed by atoms with E-state index in [2.05, 4.69) is 65.7 Å². The summed E-state index contributed by atoms with van der Waals surface area (Å²) in [6.07, 6.45) is 12.2. The second-order valence-electron chi connectivity index (χ2n) is 9.34. The summed E-state index contributed by atoms with van der Waals surface area (Å²) < 4.78 is 24.9. The largest absolute Gasteiger partial charge is 0.262 e. The fourth-order valence-corrected chi connectivity index (χ4v) is 5.84. The van der Waals surface area contributed by atoms with Crippen LogP contribution in [0.3, 0.4) is 0 Å². The van der Waals surface area contributed by atoms with Gasteiger partial charge in [-0.2, -0.15) is 4.91 Å². The van der Waals surface area contributed by atoms with Gasteiger partial charge in [0.2, 0.25) is 10.0 Å². The summed E-state index contributed by atoms with van der Waals surface area (Å²) in [4.78, 5) is 16.1. The van der Waals surface area contributed by atoms with Crippen molar-refractivity contribution in [2.45, 2.75) is 38.1 Å². The molecule has 1 fully saturated rings. The first-order chi connectivity index (χ1) is 15.8. The van der Waals surface area contributed by atoms with Crippen LogP contribution in [0.4, 0.5) is 0 Å². The zero-order valence-corrected chi connectivity index (χ0v) is 20.2. The molecule has 0 radical (unpaired) electrons. The van der Waals surface area contributed by atoms with Gasteiger partial charge in [0.15, 0.2) is 0 Å². The van der Waals surface area contributed by atoms with Crippen LogP contribution in [0, 0.1) is 23.7 Å². The summed E-state index contributed by atoms with van der Waals surface area (Å²) >= 11 is 0. The summed E-state index contributed by atoms with van der Waals surface area (Å²) in [6.45, 7) is 5.20. The highest BCUT2D eigenvalue weighted by molar-refractivity contribution is 7.88. The van der Waals surface area contributed by atoms with Crippen molar-refractivity contribution in [2.75, 3.05) is 19.3 Å². The van der Waals surface area contributed by atoms with E-state index in [1.54, 1.807) is 6.20 Å². The average Bonchev–Trinajstić information content (AvgIpc) is 2.74. The third kappa shape index (κ3) is 5.31. The van der Waals surface area contributed by atoms with Gasteiger partial charge < -0.3 is 0 Å². The van der Waals surface area contributed by atoms with E-state index in [1.807, 2.05) is 19.1 Å². The highest BCUT2D eigenvalue weighted by Gasteiger charge is 2.34. The van der Waals surface area contributed by atoms with Gasteiger partial charge in [0.05, 0.1) is 6.26 Å². The van der Waals surface area contributed by atoms with E-state index in [1.165, 1.54) is 16.1 Å². The van der Waals surface area contributed by atoms with Gasteiger partial charge in [-0.1, -0.05) is 60.7 Å². The van der Waals surface area contributed by atoms with E-state index in [-0.39, 0.29) is 17.8 Å². The van der Waals surface area contributed by atoms with E-state index in [0.29, 0.717) is 25.4 Å². The van der Waals surface area contributed by atoms with Gasteiger partial charge in [-0.15, -0.1) is 0 Å². The minimum atomic E-state index is -3.12. The van der Waals surface area contributed by atoms with Gasteiger partial charge in [-0.25, -0.2) is 12.7 Å². The molecule has 1 aliphatic heterocycles. The molecule has 1 aliphatic carbocycles. The van der Waals surface area contributed by atoms with E-state index >= 15 is 0 Å². The molecule has 0 amide bonds. The minimum absolute atomic E-state index is 0.125. The van der Waals surface area contributed by atoms with Crippen LogP contribution in [-0.2, 0) is 10.0 Å². The summed E-state index contributed by atoms with van der Waals surface area (Å²) in [5.74, 6) is 0.965. The van der Waals surface area contributed by atoms with Crippen LogP contribution < -0.4 is 0 Å². The van der Waals surface area contributed by atoms with Crippen molar-refractivity contribution in [1.82, 2.24) is 9.29 Å². The van der Waals surface area contributed by atoms with Crippen molar-refractivity contribution in [3.8, 4) is 0 Å². The number of pyridine rings is 1. The normalized spacial score (nSPS) is 23.1. The molecular weight excluding hydrogens is 434 g/mol. The van der Waals surface area contributed by atoms with E-state index in [0.717, 1.165) is 16.8 Å². The van der Waals surface area contributed by atoms with E-state index in [9.17, 15) is 13.3 Å². The van der Waals surface area contributed by atoms with Crippen LogP contribution in [0.2, 0.25) is 0 Å². The van der Waals surface area contributed by atoms with Crippen LogP contribution in [0.25, 0.3) is 0 Å². The smallest absolute Gasteiger partial charge is 0.211 e. The Kier molecular flexibility index (Phi) is 6.91. The number of sulfonamides is 1. The number of hydrogen-bond donors (Lipinski definition) is 0. The lowest BCUT2D eigenvalue weighted by atomic mass is 9.73. The highest BCUT2D eigenvalue weighted by Crippen LogP contribution is 2.42. The number of benzene rings is 1. The molecule has 0 N–H and O–H groups in total. The topological polar surface area (TPSA) is 79.7 Å². The van der Waals surface area contributed by atoms with Gasteiger partial charge in [-0.3, -0.25) is 4.98 Å². The minimum Gasteiger partial charge on any atom is -0.262 e. The molecule has 4 unspecified atom stereocenters. The third-order valence-electron chi connectivity index (χ3n) is 6.99. The fraction of sp³-hybridized carbons (Fsp3) is 0.423. The molecule has 4 atom stereocenters. The molecule has 2 aliphatic rings. The molecule has 1 aromatic heterocycles. The SMILES string of the molecule is Cc1cc(C(CC(c2ccc(C3CN(S(C)(=O)=O)C3)cc2)C2C=CC=CC2C)N=O)ccn1. The molecule has 6 nitrogen and oxygen atoms in total. The van der Waals surface area contributed by atoms with Crippen LogP contribution in [-0.4, -0.2) is 37.1 Å². The van der Waals surface area contributed by atoms with E-state index < -0.39 is 16.1 Å². The van der Waals surface area contributed by atoms with Crippen LogP contribution >= 0.6 is 0 Å². The van der Waals surface area contributed by atoms with Crippen molar-refractivity contribution < 1.29 is 8.42 Å². The second kappa shape index (κ2) is 9.69. The number of allylic oxidation sites excluding steroid dienone is 4. The molecule has 1 saturated heterocycles. The Bertz CT molecular complexity index is 1150. The number of nitroso groups, excluding NO2 is 1. The fourth-order valence-electron chi connectivity index (χ4n) is 4.94. The molecule has 33 heavy (non-hydrogen) atoms. The predicted octanol–water partition coefficient (Wildman–Crippen LogP) is 5.11. The predicted molar refractivity (Wildman–Crippen MR) is 131 cm³/mol. The Labute approximate surface area is 196 Å². The highest BCUT2D eigenvalue weighted by atomic mass is 32.2. The molecule has 7 heteroatoms. The van der Waals surface area contributed by atoms with Gasteiger partial charge >= 0.3 is 0 Å². The van der Waals surface area contributed by atoms with Gasteiger partial charge in [0.25, 0.3) is 0 Å². The molecule has 2 heterocycles. The van der Waals surface area contributed by atoms with Gasteiger partial charge in [-0.05, 0) is 59.9 Å². The zero-order valence-electron chi connectivity index (χ0n) is 19.3. The van der Waals surface area contributed by atoms with Gasteiger partial charge in [0, 0.05) is 30.9 Å². The summed E-state index contributed by atoms with van der Waals surface area (Å²) in [6, 6.07) is 11.9. The third-order valence-corrected chi connectivity index (χ3v) is 8.23. The Morgan fingerprint density at radius 3 is 2.39 bits per heavy atom. The Balaban J connectivity index is 1.58. The molecule has 0 saturated carbocycles. The first-order valence-corrected chi connectivity index (χ1v) is 13.3. The summed E-state index contributed by atoms with van der Waals surface area (Å²) in [5.41, 5.74) is 4.10. The number of rotatable bonds is 8. The molecule has 1 aromatic carbocycles. The second-order valence-corrected chi connectivity index (χ2v) is 11.3. The Morgan fingerprint density at radius 1 is 1.09 bits per heavy atom. The van der Waals surface area contributed by atoms with Crippen LogP contribution in [0.1, 0.15) is 53.6 Å². The van der Waals surface area contributed by atoms with Gasteiger partial charge in [0.1, 0.15) is 6.04 Å². The number of aryl methyl sites for hydroxylation is 1. The summed E-state index contributed by atoms with van der Waals surface area (Å²) in [7, 11) is -3.12. The first kappa shape index (κ1) is 23.5. The summed E-state index contributed by atoms with van der Waals surface area (Å²) in [5, 5.41) is 3.50.